The number of halogens is 1. The van der Waals surface area contributed by atoms with Crippen LogP contribution in [0.3, 0.4) is 0 Å². The van der Waals surface area contributed by atoms with E-state index in [1.165, 1.54) is 0 Å². The van der Waals surface area contributed by atoms with Crippen molar-refractivity contribution in [2.75, 3.05) is 18.8 Å². The average molecular weight is 384 g/mol. The summed E-state index contributed by atoms with van der Waals surface area (Å²) in [5.41, 5.74) is 8.92. The Morgan fingerprint density at radius 2 is 2.04 bits per heavy atom. The Kier molecular flexibility index (Phi) is 5.27. The van der Waals surface area contributed by atoms with E-state index in [0.29, 0.717) is 29.2 Å². The molecule has 0 saturated carbocycles. The molecule has 3 aromatic rings. The molecule has 7 heteroatoms. The number of piperidine rings is 1. The first-order chi connectivity index (χ1) is 13.2. The van der Waals surface area contributed by atoms with E-state index in [4.69, 9.17) is 22.1 Å². The van der Waals surface area contributed by atoms with Gasteiger partial charge in [0.15, 0.2) is 11.6 Å². The Labute approximate surface area is 163 Å². The van der Waals surface area contributed by atoms with E-state index in [-0.39, 0.29) is 0 Å². The van der Waals surface area contributed by atoms with Crippen LogP contribution in [0.1, 0.15) is 24.4 Å². The first-order valence-corrected chi connectivity index (χ1v) is 9.45. The van der Waals surface area contributed by atoms with Gasteiger partial charge in [0.05, 0.1) is 12.2 Å². The smallest absolute Gasteiger partial charge is 0.166 e. The molecule has 0 aliphatic carbocycles. The van der Waals surface area contributed by atoms with Crippen molar-refractivity contribution in [3.05, 3.63) is 59.5 Å². The topological polar surface area (TPSA) is 78.0 Å². The third-order valence-electron chi connectivity index (χ3n) is 4.78. The summed E-state index contributed by atoms with van der Waals surface area (Å²) in [5, 5.41) is 8.61. The van der Waals surface area contributed by atoms with Gasteiger partial charge in [-0.2, -0.15) is 5.10 Å². The molecular formula is C20H22ClN5O. The fourth-order valence-electron chi connectivity index (χ4n) is 3.27. The van der Waals surface area contributed by atoms with Gasteiger partial charge in [-0.3, -0.25) is 4.68 Å². The van der Waals surface area contributed by atoms with Crippen molar-refractivity contribution in [3.63, 3.8) is 0 Å². The van der Waals surface area contributed by atoms with Crippen LogP contribution in [0.25, 0.3) is 11.1 Å². The third kappa shape index (κ3) is 4.23. The molecule has 0 radical (unpaired) electrons. The highest BCUT2D eigenvalue weighted by atomic mass is 35.5. The lowest BCUT2D eigenvalue weighted by Gasteiger charge is -2.22. The molecule has 0 amide bonds. The largest absolute Gasteiger partial charge is 0.485 e. The Morgan fingerprint density at radius 3 is 2.85 bits per heavy atom. The lowest BCUT2D eigenvalue weighted by atomic mass is 10.1. The summed E-state index contributed by atoms with van der Waals surface area (Å²) in [5.74, 6) is 0.925. The van der Waals surface area contributed by atoms with Gasteiger partial charge in [-0.15, -0.1) is 0 Å². The Balaban J connectivity index is 1.51. The van der Waals surface area contributed by atoms with Gasteiger partial charge in [0, 0.05) is 28.5 Å². The van der Waals surface area contributed by atoms with E-state index in [9.17, 15) is 0 Å². The molecule has 140 valence electrons. The lowest BCUT2D eigenvalue weighted by Crippen LogP contribution is -2.29. The molecule has 1 aliphatic heterocycles. The van der Waals surface area contributed by atoms with E-state index in [0.717, 1.165) is 42.6 Å². The highest BCUT2D eigenvalue weighted by molar-refractivity contribution is 6.30. The molecule has 2 aromatic heterocycles. The number of rotatable bonds is 5. The first kappa shape index (κ1) is 17.8. The molecule has 6 nitrogen and oxygen atoms in total. The van der Waals surface area contributed by atoms with Crippen molar-refractivity contribution >= 4 is 17.4 Å². The second kappa shape index (κ2) is 7.98. The SMILES string of the molecule is Nc1ncc(-c2cnn(C3CCNCC3)c2)cc1OCc1cccc(Cl)c1. The Hall–Kier alpha value is -2.57. The zero-order valence-electron chi connectivity index (χ0n) is 14.9. The van der Waals surface area contributed by atoms with Gasteiger partial charge in [0.25, 0.3) is 0 Å². The number of ether oxygens (including phenoxy) is 1. The van der Waals surface area contributed by atoms with E-state index in [1.807, 2.05) is 36.5 Å². The van der Waals surface area contributed by atoms with Crippen LogP contribution in [0.5, 0.6) is 5.75 Å². The van der Waals surface area contributed by atoms with Crippen molar-refractivity contribution in [2.45, 2.75) is 25.5 Å². The minimum Gasteiger partial charge on any atom is -0.485 e. The van der Waals surface area contributed by atoms with Crippen molar-refractivity contribution in [1.82, 2.24) is 20.1 Å². The number of benzene rings is 1. The van der Waals surface area contributed by atoms with Gasteiger partial charge in [-0.05, 0) is 49.7 Å². The van der Waals surface area contributed by atoms with Gasteiger partial charge < -0.3 is 15.8 Å². The standard InChI is InChI=1S/C20H22ClN5O/c21-17-3-1-2-14(8-17)13-27-19-9-15(10-24-20(19)22)16-11-25-26(12-16)18-4-6-23-7-5-18/h1-3,8-12,18,23H,4-7,13H2,(H2,22,24). The predicted molar refractivity (Wildman–Crippen MR) is 107 cm³/mol. The summed E-state index contributed by atoms with van der Waals surface area (Å²) in [6.45, 7) is 2.44. The summed E-state index contributed by atoms with van der Waals surface area (Å²) in [6, 6.07) is 9.92. The number of anilines is 1. The fourth-order valence-corrected chi connectivity index (χ4v) is 3.49. The van der Waals surface area contributed by atoms with Crippen LogP contribution >= 0.6 is 11.6 Å². The number of nitrogens with two attached hydrogens (primary N) is 1. The van der Waals surface area contributed by atoms with Crippen LogP contribution in [0.2, 0.25) is 5.02 Å². The maximum atomic E-state index is 6.02. The summed E-state index contributed by atoms with van der Waals surface area (Å²) in [6.07, 6.45) is 7.88. The van der Waals surface area contributed by atoms with Crippen LogP contribution in [0.4, 0.5) is 5.82 Å². The van der Waals surface area contributed by atoms with Crippen LogP contribution < -0.4 is 15.8 Å². The quantitative estimate of drug-likeness (QED) is 0.702. The molecule has 3 N–H and O–H groups in total. The van der Waals surface area contributed by atoms with E-state index in [2.05, 4.69) is 26.3 Å². The van der Waals surface area contributed by atoms with Crippen LogP contribution in [-0.4, -0.2) is 27.9 Å². The van der Waals surface area contributed by atoms with Gasteiger partial charge in [-0.25, -0.2) is 4.98 Å². The molecule has 27 heavy (non-hydrogen) atoms. The molecule has 0 atom stereocenters. The molecule has 4 rings (SSSR count). The monoisotopic (exact) mass is 383 g/mol. The zero-order valence-corrected chi connectivity index (χ0v) is 15.7. The molecule has 1 aliphatic rings. The average Bonchev–Trinajstić information content (AvgIpc) is 3.18. The van der Waals surface area contributed by atoms with Gasteiger partial charge in [0.2, 0.25) is 0 Å². The maximum Gasteiger partial charge on any atom is 0.166 e. The number of hydrogen-bond donors (Lipinski definition) is 2. The number of nitrogen functional groups attached to an aromatic ring is 1. The number of hydrogen-bond acceptors (Lipinski definition) is 5. The van der Waals surface area contributed by atoms with E-state index < -0.39 is 0 Å². The molecular weight excluding hydrogens is 362 g/mol. The highest BCUT2D eigenvalue weighted by Gasteiger charge is 2.16. The van der Waals surface area contributed by atoms with Gasteiger partial charge >= 0.3 is 0 Å². The molecule has 0 unspecified atom stereocenters. The second-order valence-corrected chi connectivity index (χ2v) is 7.15. The number of nitrogens with zero attached hydrogens (tertiary/aromatic N) is 3. The number of nitrogens with one attached hydrogen (secondary N) is 1. The first-order valence-electron chi connectivity index (χ1n) is 9.07. The molecule has 0 bridgehead atoms. The van der Waals surface area contributed by atoms with Gasteiger partial charge in [0.1, 0.15) is 6.61 Å². The molecule has 1 fully saturated rings. The van der Waals surface area contributed by atoms with Crippen molar-refractivity contribution in [1.29, 1.82) is 0 Å². The summed E-state index contributed by atoms with van der Waals surface area (Å²) in [7, 11) is 0. The fraction of sp³-hybridized carbons (Fsp3) is 0.300. The summed E-state index contributed by atoms with van der Waals surface area (Å²) >= 11 is 6.02. The van der Waals surface area contributed by atoms with Crippen LogP contribution in [-0.2, 0) is 6.61 Å². The number of pyridine rings is 1. The summed E-state index contributed by atoms with van der Waals surface area (Å²) in [4.78, 5) is 4.29. The second-order valence-electron chi connectivity index (χ2n) is 6.72. The minimum atomic E-state index is 0.367. The highest BCUT2D eigenvalue weighted by Crippen LogP contribution is 2.29. The Morgan fingerprint density at radius 1 is 1.19 bits per heavy atom. The van der Waals surface area contributed by atoms with E-state index >= 15 is 0 Å². The molecule has 3 heterocycles. The maximum absolute atomic E-state index is 6.02. The lowest BCUT2D eigenvalue weighted by molar-refractivity contribution is 0.307. The van der Waals surface area contributed by atoms with E-state index in [1.54, 1.807) is 6.20 Å². The normalized spacial score (nSPS) is 15.0. The predicted octanol–water partition coefficient (Wildman–Crippen LogP) is 3.68. The van der Waals surface area contributed by atoms with Crippen LogP contribution in [0.15, 0.2) is 48.9 Å². The summed E-state index contributed by atoms with van der Waals surface area (Å²) < 4.78 is 7.94. The third-order valence-corrected chi connectivity index (χ3v) is 5.02. The molecule has 0 spiro atoms. The van der Waals surface area contributed by atoms with Gasteiger partial charge in [-0.1, -0.05) is 23.7 Å². The number of aromatic nitrogens is 3. The zero-order chi connectivity index (χ0) is 18.6. The van der Waals surface area contributed by atoms with Crippen LogP contribution in [0, 0.1) is 0 Å². The minimum absolute atomic E-state index is 0.367. The van der Waals surface area contributed by atoms with Crippen molar-refractivity contribution < 1.29 is 4.74 Å². The molecule has 1 saturated heterocycles. The van der Waals surface area contributed by atoms with Crippen molar-refractivity contribution in [3.8, 4) is 16.9 Å². The Bertz CT molecular complexity index is 920. The van der Waals surface area contributed by atoms with Crippen molar-refractivity contribution in [2.24, 2.45) is 0 Å². The molecule has 1 aromatic carbocycles.